The predicted octanol–water partition coefficient (Wildman–Crippen LogP) is 3.29. The topological polar surface area (TPSA) is 58.6 Å². The maximum atomic E-state index is 12.4. The van der Waals surface area contributed by atoms with Crippen LogP contribution in [0.15, 0.2) is 30.3 Å². The van der Waals surface area contributed by atoms with Crippen LogP contribution in [0.2, 0.25) is 5.02 Å². The zero-order valence-corrected chi connectivity index (χ0v) is 16.7. The minimum atomic E-state index is -0.0312. The van der Waals surface area contributed by atoms with Crippen molar-refractivity contribution in [3.8, 4) is 5.75 Å². The number of hydrogen-bond donors (Lipinski definition) is 0. The average molecular weight is 389 g/mol. The molecule has 0 atom stereocenters. The Morgan fingerprint density at radius 1 is 1.19 bits per heavy atom. The lowest BCUT2D eigenvalue weighted by Gasteiger charge is -2.35. The Bertz CT molecular complexity index is 804. The molecule has 1 amide bonds. The van der Waals surface area contributed by atoms with E-state index in [4.69, 9.17) is 16.3 Å². The lowest BCUT2D eigenvalue weighted by atomic mass is 10.2. The van der Waals surface area contributed by atoms with Gasteiger partial charge in [0.2, 0.25) is 0 Å². The van der Waals surface area contributed by atoms with Crippen molar-refractivity contribution in [1.82, 2.24) is 14.9 Å². The standard InChI is InChI=1S/C20H25ClN4O2/c1-14(2)20-22-15(3)12-18(23-20)24-8-10-25(11-9-24)19(26)13-27-17-7-5-4-6-16(17)21/h4-7,12,14H,8-11,13H2,1-3H3. The van der Waals surface area contributed by atoms with Gasteiger partial charge in [0.15, 0.2) is 6.61 Å². The fraction of sp³-hybridized carbons (Fsp3) is 0.450. The molecule has 0 spiro atoms. The predicted molar refractivity (Wildman–Crippen MR) is 107 cm³/mol. The van der Waals surface area contributed by atoms with E-state index >= 15 is 0 Å². The molecule has 1 saturated heterocycles. The van der Waals surface area contributed by atoms with Gasteiger partial charge in [0.25, 0.3) is 5.91 Å². The van der Waals surface area contributed by atoms with Gasteiger partial charge in [-0.15, -0.1) is 0 Å². The highest BCUT2D eigenvalue weighted by atomic mass is 35.5. The summed E-state index contributed by atoms with van der Waals surface area (Å²) < 4.78 is 5.56. The number of amides is 1. The number of halogens is 1. The number of aryl methyl sites for hydroxylation is 1. The number of aromatic nitrogens is 2. The van der Waals surface area contributed by atoms with E-state index in [1.165, 1.54) is 0 Å². The molecular weight excluding hydrogens is 364 g/mol. The van der Waals surface area contributed by atoms with E-state index in [2.05, 4.69) is 28.7 Å². The van der Waals surface area contributed by atoms with Crippen LogP contribution in [0.1, 0.15) is 31.3 Å². The van der Waals surface area contributed by atoms with Crippen molar-refractivity contribution in [2.75, 3.05) is 37.7 Å². The van der Waals surface area contributed by atoms with Crippen molar-refractivity contribution in [2.45, 2.75) is 26.7 Å². The first kappa shape index (κ1) is 19.4. The third kappa shape index (κ3) is 4.89. The smallest absolute Gasteiger partial charge is 0.260 e. The highest BCUT2D eigenvalue weighted by molar-refractivity contribution is 6.32. The van der Waals surface area contributed by atoms with Crippen molar-refractivity contribution < 1.29 is 9.53 Å². The largest absolute Gasteiger partial charge is 0.482 e. The molecule has 1 aromatic carbocycles. The minimum Gasteiger partial charge on any atom is -0.482 e. The fourth-order valence-electron chi connectivity index (χ4n) is 2.97. The maximum Gasteiger partial charge on any atom is 0.260 e. The molecule has 0 saturated carbocycles. The van der Waals surface area contributed by atoms with Crippen molar-refractivity contribution >= 4 is 23.3 Å². The number of para-hydroxylation sites is 1. The van der Waals surface area contributed by atoms with Crippen LogP contribution in [0.4, 0.5) is 5.82 Å². The average Bonchev–Trinajstić information content (AvgIpc) is 2.66. The molecule has 0 bridgehead atoms. The molecule has 1 fully saturated rings. The van der Waals surface area contributed by atoms with Gasteiger partial charge in [0.1, 0.15) is 17.4 Å². The molecule has 6 nitrogen and oxygen atoms in total. The number of benzene rings is 1. The molecule has 3 rings (SSSR count). The van der Waals surface area contributed by atoms with Crippen molar-refractivity contribution in [3.63, 3.8) is 0 Å². The first-order valence-corrected chi connectivity index (χ1v) is 9.57. The summed E-state index contributed by atoms with van der Waals surface area (Å²) >= 11 is 6.06. The van der Waals surface area contributed by atoms with Gasteiger partial charge in [0, 0.05) is 43.9 Å². The lowest BCUT2D eigenvalue weighted by molar-refractivity contribution is -0.133. The normalized spacial score (nSPS) is 14.6. The molecule has 2 heterocycles. The Labute approximate surface area is 165 Å². The molecule has 1 aromatic heterocycles. The van der Waals surface area contributed by atoms with Gasteiger partial charge >= 0.3 is 0 Å². The zero-order valence-electron chi connectivity index (χ0n) is 16.0. The van der Waals surface area contributed by atoms with Gasteiger partial charge < -0.3 is 14.5 Å². The number of nitrogens with zero attached hydrogens (tertiary/aromatic N) is 4. The monoisotopic (exact) mass is 388 g/mol. The Hall–Kier alpha value is -2.34. The molecule has 1 aliphatic rings. The Kier molecular flexibility index (Phi) is 6.16. The summed E-state index contributed by atoms with van der Waals surface area (Å²) in [6.07, 6.45) is 0. The van der Waals surface area contributed by atoms with E-state index in [0.717, 1.165) is 30.4 Å². The van der Waals surface area contributed by atoms with Crippen LogP contribution >= 0.6 is 11.6 Å². The summed E-state index contributed by atoms with van der Waals surface area (Å²) in [6, 6.07) is 9.17. The van der Waals surface area contributed by atoms with Crippen LogP contribution < -0.4 is 9.64 Å². The van der Waals surface area contributed by atoms with Crippen molar-refractivity contribution in [3.05, 3.63) is 46.9 Å². The SMILES string of the molecule is Cc1cc(N2CCN(C(=O)COc3ccccc3Cl)CC2)nc(C(C)C)n1. The number of ether oxygens (including phenoxy) is 1. The second-order valence-electron chi connectivity index (χ2n) is 6.97. The summed E-state index contributed by atoms with van der Waals surface area (Å²) in [5.41, 5.74) is 0.968. The third-order valence-corrected chi connectivity index (χ3v) is 4.83. The van der Waals surface area contributed by atoms with Gasteiger partial charge in [-0.2, -0.15) is 0 Å². The molecule has 0 unspecified atom stereocenters. The molecule has 7 heteroatoms. The van der Waals surface area contributed by atoms with E-state index < -0.39 is 0 Å². The number of rotatable bonds is 5. The number of carbonyl (C=O) groups is 1. The lowest BCUT2D eigenvalue weighted by Crippen LogP contribution is -2.50. The molecule has 0 radical (unpaired) electrons. The number of hydrogen-bond acceptors (Lipinski definition) is 5. The summed E-state index contributed by atoms with van der Waals surface area (Å²) in [6.45, 7) is 8.94. The highest BCUT2D eigenvalue weighted by Crippen LogP contribution is 2.23. The molecule has 2 aromatic rings. The van der Waals surface area contributed by atoms with Crippen LogP contribution in [-0.2, 0) is 4.79 Å². The van der Waals surface area contributed by atoms with Crippen molar-refractivity contribution in [2.24, 2.45) is 0 Å². The van der Waals surface area contributed by atoms with Crippen LogP contribution in [0, 0.1) is 6.92 Å². The molecule has 1 aliphatic heterocycles. The van der Waals surface area contributed by atoms with Gasteiger partial charge in [-0.25, -0.2) is 9.97 Å². The minimum absolute atomic E-state index is 0.00611. The second kappa shape index (κ2) is 8.57. The van der Waals surface area contributed by atoms with Crippen LogP contribution in [0.3, 0.4) is 0 Å². The molecular formula is C20H25ClN4O2. The number of carbonyl (C=O) groups excluding carboxylic acids is 1. The Balaban J connectivity index is 1.55. The van der Waals surface area contributed by atoms with Crippen molar-refractivity contribution in [1.29, 1.82) is 0 Å². The summed E-state index contributed by atoms with van der Waals surface area (Å²) in [4.78, 5) is 25.7. The van der Waals surface area contributed by atoms with Gasteiger partial charge in [-0.3, -0.25) is 4.79 Å². The number of piperazine rings is 1. The number of anilines is 1. The fourth-order valence-corrected chi connectivity index (χ4v) is 3.16. The van der Waals surface area contributed by atoms with Gasteiger partial charge in [-0.05, 0) is 19.1 Å². The summed E-state index contributed by atoms with van der Waals surface area (Å²) in [7, 11) is 0. The first-order chi connectivity index (χ1) is 12.9. The summed E-state index contributed by atoms with van der Waals surface area (Å²) in [5, 5.41) is 0.509. The molecule has 144 valence electrons. The Morgan fingerprint density at radius 3 is 2.56 bits per heavy atom. The molecule has 27 heavy (non-hydrogen) atoms. The van der Waals surface area contributed by atoms with E-state index in [9.17, 15) is 4.79 Å². The quantitative estimate of drug-likeness (QED) is 0.786. The molecule has 0 N–H and O–H groups in total. The summed E-state index contributed by atoms with van der Waals surface area (Å²) in [5.74, 6) is 2.58. The second-order valence-corrected chi connectivity index (χ2v) is 7.37. The van der Waals surface area contributed by atoms with E-state index in [-0.39, 0.29) is 18.4 Å². The molecule has 0 aliphatic carbocycles. The van der Waals surface area contributed by atoms with Gasteiger partial charge in [0.05, 0.1) is 5.02 Å². The van der Waals surface area contributed by atoms with Crippen LogP contribution in [0.25, 0.3) is 0 Å². The van der Waals surface area contributed by atoms with Gasteiger partial charge in [-0.1, -0.05) is 37.6 Å². The van der Waals surface area contributed by atoms with E-state index in [0.29, 0.717) is 23.9 Å². The van der Waals surface area contributed by atoms with Crippen LogP contribution in [-0.4, -0.2) is 53.6 Å². The third-order valence-electron chi connectivity index (χ3n) is 4.52. The van der Waals surface area contributed by atoms with Crippen LogP contribution in [0.5, 0.6) is 5.75 Å². The van der Waals surface area contributed by atoms with E-state index in [1.807, 2.05) is 30.0 Å². The van der Waals surface area contributed by atoms with E-state index in [1.54, 1.807) is 12.1 Å². The zero-order chi connectivity index (χ0) is 19.4. The highest BCUT2D eigenvalue weighted by Gasteiger charge is 2.23. The maximum absolute atomic E-state index is 12.4. The Morgan fingerprint density at radius 2 is 1.89 bits per heavy atom. The first-order valence-electron chi connectivity index (χ1n) is 9.19.